The van der Waals surface area contributed by atoms with E-state index in [0.29, 0.717) is 6.54 Å². The lowest BCUT2D eigenvalue weighted by molar-refractivity contribution is 0.145. The first-order valence-corrected chi connectivity index (χ1v) is 7.65. The second-order valence-electron chi connectivity index (χ2n) is 4.95. The second kappa shape index (κ2) is 12.3. The number of aromatic nitrogens is 1. The quantitative estimate of drug-likeness (QED) is 0.284. The van der Waals surface area contributed by atoms with E-state index in [-0.39, 0.29) is 24.0 Å². The summed E-state index contributed by atoms with van der Waals surface area (Å²) in [6.45, 7) is 8.96. The lowest BCUT2D eigenvalue weighted by Crippen LogP contribution is -2.37. The van der Waals surface area contributed by atoms with Crippen molar-refractivity contribution in [3.63, 3.8) is 0 Å². The zero-order chi connectivity index (χ0) is 16.4. The lowest BCUT2D eigenvalue weighted by atomic mass is 10.1. The summed E-state index contributed by atoms with van der Waals surface area (Å²) < 4.78 is 10.7. The van der Waals surface area contributed by atoms with Gasteiger partial charge in [-0.3, -0.25) is 9.98 Å². The van der Waals surface area contributed by atoms with Gasteiger partial charge in [-0.25, -0.2) is 0 Å². The van der Waals surface area contributed by atoms with Crippen LogP contribution < -0.4 is 15.4 Å². The highest BCUT2D eigenvalue weighted by Gasteiger charge is 2.09. The maximum absolute atomic E-state index is 5.42. The predicted octanol–water partition coefficient (Wildman–Crippen LogP) is 2.42. The molecule has 0 aliphatic rings. The smallest absolute Gasteiger partial charge is 0.191 e. The van der Waals surface area contributed by atoms with Gasteiger partial charge in [-0.15, -0.1) is 24.0 Å². The van der Waals surface area contributed by atoms with Crippen molar-refractivity contribution in [1.82, 2.24) is 15.6 Å². The lowest BCUT2D eigenvalue weighted by Gasteiger charge is -2.15. The topological polar surface area (TPSA) is 67.8 Å². The molecule has 0 saturated heterocycles. The molecule has 0 unspecified atom stereocenters. The first kappa shape index (κ1) is 21.9. The average molecular weight is 436 g/mol. The van der Waals surface area contributed by atoms with E-state index < -0.39 is 0 Å². The van der Waals surface area contributed by atoms with E-state index in [0.717, 1.165) is 54.7 Å². The van der Waals surface area contributed by atoms with E-state index in [1.807, 2.05) is 27.0 Å². The van der Waals surface area contributed by atoms with Crippen LogP contribution in [0.5, 0.6) is 5.75 Å². The minimum Gasteiger partial charge on any atom is -0.496 e. The Morgan fingerprint density at radius 2 is 2.04 bits per heavy atom. The average Bonchev–Trinajstić information content (AvgIpc) is 2.52. The number of nitrogens with one attached hydrogen (secondary N) is 2. The molecule has 6 nitrogen and oxygen atoms in total. The number of pyridine rings is 1. The van der Waals surface area contributed by atoms with Gasteiger partial charge in [-0.2, -0.15) is 0 Å². The highest BCUT2D eigenvalue weighted by atomic mass is 127. The number of hydrogen-bond acceptors (Lipinski definition) is 4. The van der Waals surface area contributed by atoms with Crippen LogP contribution in [0.25, 0.3) is 0 Å². The molecule has 0 saturated carbocycles. The monoisotopic (exact) mass is 436 g/mol. The van der Waals surface area contributed by atoms with Crippen LogP contribution in [-0.2, 0) is 11.3 Å². The van der Waals surface area contributed by atoms with Gasteiger partial charge in [-0.1, -0.05) is 0 Å². The molecule has 1 aromatic rings. The molecule has 2 N–H and O–H groups in total. The Balaban J connectivity index is 0.00000484. The molecule has 23 heavy (non-hydrogen) atoms. The fourth-order valence-electron chi connectivity index (χ4n) is 2.16. The fraction of sp³-hybridized carbons (Fsp3) is 0.625. The van der Waals surface area contributed by atoms with Crippen molar-refractivity contribution in [2.45, 2.75) is 33.7 Å². The molecule has 1 rings (SSSR count). The molecule has 0 aromatic carbocycles. The standard InChI is InChI=1S/C16H28N4O2.HI/c1-6-22-9-7-8-18-16(17-4)20-11-14-13(3)15(21-5)12(2)10-19-14;/h10H,6-9,11H2,1-5H3,(H2,17,18,20);1H. The van der Waals surface area contributed by atoms with Crippen molar-refractivity contribution < 1.29 is 9.47 Å². The summed E-state index contributed by atoms with van der Waals surface area (Å²) in [6, 6.07) is 0. The van der Waals surface area contributed by atoms with Crippen LogP contribution in [0.15, 0.2) is 11.2 Å². The van der Waals surface area contributed by atoms with Gasteiger partial charge in [0.25, 0.3) is 0 Å². The van der Waals surface area contributed by atoms with Crippen molar-refractivity contribution in [3.05, 3.63) is 23.0 Å². The molecule has 0 aliphatic carbocycles. The van der Waals surface area contributed by atoms with Gasteiger partial charge in [0.15, 0.2) is 5.96 Å². The van der Waals surface area contributed by atoms with Crippen molar-refractivity contribution in [3.8, 4) is 5.75 Å². The highest BCUT2D eigenvalue weighted by Crippen LogP contribution is 2.23. The number of aliphatic imine (C=N–C) groups is 1. The minimum atomic E-state index is 0. The molecular weight excluding hydrogens is 407 g/mol. The van der Waals surface area contributed by atoms with E-state index in [1.165, 1.54) is 0 Å². The second-order valence-corrected chi connectivity index (χ2v) is 4.95. The Morgan fingerprint density at radius 1 is 1.30 bits per heavy atom. The van der Waals surface area contributed by atoms with E-state index in [4.69, 9.17) is 9.47 Å². The first-order valence-electron chi connectivity index (χ1n) is 7.65. The Morgan fingerprint density at radius 3 is 2.65 bits per heavy atom. The summed E-state index contributed by atoms with van der Waals surface area (Å²) in [4.78, 5) is 8.67. The fourth-order valence-corrected chi connectivity index (χ4v) is 2.16. The number of aryl methyl sites for hydroxylation is 1. The number of rotatable bonds is 8. The molecule has 132 valence electrons. The number of guanidine groups is 1. The number of hydrogen-bond donors (Lipinski definition) is 2. The summed E-state index contributed by atoms with van der Waals surface area (Å²) in [7, 11) is 3.44. The van der Waals surface area contributed by atoms with E-state index in [9.17, 15) is 0 Å². The summed E-state index contributed by atoms with van der Waals surface area (Å²) in [5, 5.41) is 6.53. The van der Waals surface area contributed by atoms with Crippen LogP contribution in [0.4, 0.5) is 0 Å². The van der Waals surface area contributed by atoms with E-state index in [2.05, 4.69) is 20.6 Å². The number of halogens is 1. The van der Waals surface area contributed by atoms with Crippen LogP contribution in [0.1, 0.15) is 30.2 Å². The number of ether oxygens (including phenoxy) is 2. The van der Waals surface area contributed by atoms with E-state index >= 15 is 0 Å². The Bertz CT molecular complexity index is 495. The van der Waals surface area contributed by atoms with Gasteiger partial charge >= 0.3 is 0 Å². The van der Waals surface area contributed by atoms with Crippen molar-refractivity contribution in [2.75, 3.05) is 33.9 Å². The van der Waals surface area contributed by atoms with Gasteiger partial charge in [0.2, 0.25) is 0 Å². The largest absolute Gasteiger partial charge is 0.496 e. The zero-order valence-corrected chi connectivity index (χ0v) is 17.1. The molecule has 7 heteroatoms. The molecule has 0 atom stereocenters. The van der Waals surface area contributed by atoms with Crippen molar-refractivity contribution in [2.24, 2.45) is 4.99 Å². The highest BCUT2D eigenvalue weighted by molar-refractivity contribution is 14.0. The first-order chi connectivity index (χ1) is 10.6. The molecular formula is C16H29IN4O2. The van der Waals surface area contributed by atoms with Crippen molar-refractivity contribution >= 4 is 29.9 Å². The third kappa shape index (κ3) is 7.34. The summed E-state index contributed by atoms with van der Waals surface area (Å²) in [5.41, 5.74) is 3.06. The molecule has 1 heterocycles. The zero-order valence-electron chi connectivity index (χ0n) is 14.7. The molecule has 0 amide bonds. The third-order valence-electron chi connectivity index (χ3n) is 3.36. The van der Waals surface area contributed by atoms with Gasteiger partial charge in [0.1, 0.15) is 5.75 Å². The molecule has 0 spiro atoms. The summed E-state index contributed by atoms with van der Waals surface area (Å²) >= 11 is 0. The van der Waals surface area contributed by atoms with Crippen LogP contribution in [0, 0.1) is 13.8 Å². The molecule has 0 bridgehead atoms. The Kier molecular flexibility index (Phi) is 11.8. The SMILES string of the molecule is CCOCCCNC(=NC)NCc1ncc(C)c(OC)c1C.I. The van der Waals surface area contributed by atoms with Crippen LogP contribution in [-0.4, -0.2) is 44.9 Å². The number of methoxy groups -OCH3 is 1. The maximum Gasteiger partial charge on any atom is 0.191 e. The molecule has 0 radical (unpaired) electrons. The maximum atomic E-state index is 5.42. The van der Waals surface area contributed by atoms with Crippen molar-refractivity contribution in [1.29, 1.82) is 0 Å². The van der Waals surface area contributed by atoms with Crippen LogP contribution in [0.2, 0.25) is 0 Å². The molecule has 0 aliphatic heterocycles. The normalized spacial score (nSPS) is 10.9. The van der Waals surface area contributed by atoms with Gasteiger partial charge in [0, 0.05) is 44.1 Å². The van der Waals surface area contributed by atoms with E-state index in [1.54, 1.807) is 14.2 Å². The van der Waals surface area contributed by atoms with Gasteiger partial charge in [0.05, 0.1) is 19.3 Å². The van der Waals surface area contributed by atoms with Crippen LogP contribution >= 0.6 is 24.0 Å². The Labute approximate surface area is 156 Å². The minimum absolute atomic E-state index is 0. The van der Waals surface area contributed by atoms with Gasteiger partial charge < -0.3 is 20.1 Å². The van der Waals surface area contributed by atoms with Crippen LogP contribution in [0.3, 0.4) is 0 Å². The summed E-state index contributed by atoms with van der Waals surface area (Å²) in [5.74, 6) is 1.66. The molecule has 0 fully saturated rings. The number of nitrogens with zero attached hydrogens (tertiary/aromatic N) is 2. The Hall–Kier alpha value is -1.09. The molecule has 1 aromatic heterocycles. The van der Waals surface area contributed by atoms with Gasteiger partial charge in [-0.05, 0) is 27.2 Å². The summed E-state index contributed by atoms with van der Waals surface area (Å²) in [6.07, 6.45) is 2.78. The third-order valence-corrected chi connectivity index (χ3v) is 3.36. The predicted molar refractivity (Wildman–Crippen MR) is 105 cm³/mol.